The number of nitrogens with one attached hydrogen (secondary N) is 1. The van der Waals surface area contributed by atoms with Crippen LogP contribution < -0.4 is 4.72 Å². The van der Waals surface area contributed by atoms with E-state index in [-0.39, 0.29) is 24.5 Å². The first-order valence-corrected chi connectivity index (χ1v) is 7.23. The second-order valence-corrected chi connectivity index (χ2v) is 6.11. The van der Waals surface area contributed by atoms with Crippen molar-refractivity contribution in [3.63, 3.8) is 0 Å². The molecule has 0 aliphatic carbocycles. The van der Waals surface area contributed by atoms with Crippen molar-refractivity contribution in [2.75, 3.05) is 13.2 Å². The van der Waals surface area contributed by atoms with Crippen molar-refractivity contribution in [3.05, 3.63) is 29.8 Å². The van der Waals surface area contributed by atoms with Crippen LogP contribution in [0.25, 0.3) is 0 Å². The molecule has 1 atom stereocenters. The first-order valence-electron chi connectivity index (χ1n) is 5.75. The third-order valence-electron chi connectivity index (χ3n) is 3.05. The van der Waals surface area contributed by atoms with Crippen LogP contribution in [0.5, 0.6) is 0 Å². The maximum Gasteiger partial charge on any atom is 0.327 e. The lowest BCUT2D eigenvalue weighted by Gasteiger charge is -2.23. The molecule has 7 nitrogen and oxygen atoms in total. The van der Waals surface area contributed by atoms with Crippen LogP contribution in [0.15, 0.2) is 29.2 Å². The summed E-state index contributed by atoms with van der Waals surface area (Å²) in [5, 5.41) is 17.9. The Hall–Kier alpha value is -1.95. The molecule has 1 fully saturated rings. The number of hydrogen-bond acceptors (Lipinski definition) is 5. The van der Waals surface area contributed by atoms with Crippen LogP contribution in [0.3, 0.4) is 0 Å². The SMILES string of the molecule is N#Cc1ccc(S(=O)(=O)NC2(C(=O)O)CCOC2)cc1. The molecular formula is C12H12N2O5S. The minimum absolute atomic E-state index is 0.0673. The van der Waals surface area contributed by atoms with Gasteiger partial charge in [0.05, 0.1) is 23.1 Å². The van der Waals surface area contributed by atoms with Crippen LogP contribution in [0.2, 0.25) is 0 Å². The van der Waals surface area contributed by atoms with Gasteiger partial charge in [0.2, 0.25) is 10.0 Å². The molecule has 1 unspecified atom stereocenters. The third-order valence-corrected chi connectivity index (χ3v) is 4.61. The number of ether oxygens (including phenoxy) is 1. The van der Waals surface area contributed by atoms with Crippen molar-refractivity contribution in [2.24, 2.45) is 0 Å². The van der Waals surface area contributed by atoms with E-state index in [0.717, 1.165) is 0 Å². The molecule has 1 aliphatic rings. The second kappa shape index (κ2) is 5.20. The average Bonchev–Trinajstić information content (AvgIpc) is 2.88. The molecule has 2 N–H and O–H groups in total. The van der Waals surface area contributed by atoms with Gasteiger partial charge in [-0.2, -0.15) is 9.98 Å². The predicted molar refractivity (Wildman–Crippen MR) is 67.3 cm³/mol. The molecule has 0 aromatic heterocycles. The summed E-state index contributed by atoms with van der Waals surface area (Å²) in [6.07, 6.45) is 0.0673. The molecule has 1 aliphatic heterocycles. The average molecular weight is 296 g/mol. The summed E-state index contributed by atoms with van der Waals surface area (Å²) in [6.45, 7) is -0.0277. The van der Waals surface area contributed by atoms with Gasteiger partial charge in [-0.15, -0.1) is 0 Å². The fraction of sp³-hybridized carbons (Fsp3) is 0.333. The molecule has 8 heteroatoms. The minimum Gasteiger partial charge on any atom is -0.480 e. The van der Waals surface area contributed by atoms with Gasteiger partial charge in [0.15, 0.2) is 5.54 Å². The molecule has 0 radical (unpaired) electrons. The van der Waals surface area contributed by atoms with Crippen molar-refractivity contribution in [1.82, 2.24) is 4.72 Å². The van der Waals surface area contributed by atoms with Crippen LogP contribution in [-0.4, -0.2) is 38.2 Å². The summed E-state index contributed by atoms with van der Waals surface area (Å²) >= 11 is 0. The molecule has 106 valence electrons. The van der Waals surface area contributed by atoms with E-state index in [2.05, 4.69) is 4.72 Å². The number of sulfonamides is 1. The van der Waals surface area contributed by atoms with Gasteiger partial charge in [0.25, 0.3) is 0 Å². The largest absolute Gasteiger partial charge is 0.480 e. The van der Waals surface area contributed by atoms with Gasteiger partial charge in [-0.3, -0.25) is 4.79 Å². The number of carbonyl (C=O) groups is 1. The third kappa shape index (κ3) is 2.65. The standard InChI is InChI=1S/C12H12N2O5S/c13-7-9-1-3-10(4-2-9)20(17,18)14-12(11(15)16)5-6-19-8-12/h1-4,14H,5-6,8H2,(H,15,16). The highest BCUT2D eigenvalue weighted by atomic mass is 32.2. The monoisotopic (exact) mass is 296 g/mol. The molecule has 1 heterocycles. The summed E-state index contributed by atoms with van der Waals surface area (Å²) in [7, 11) is -3.99. The molecule has 1 aromatic carbocycles. The van der Waals surface area contributed by atoms with Gasteiger partial charge < -0.3 is 9.84 Å². The van der Waals surface area contributed by atoms with Crippen molar-refractivity contribution in [1.29, 1.82) is 5.26 Å². The molecule has 1 saturated heterocycles. The Morgan fingerprint density at radius 1 is 1.40 bits per heavy atom. The first kappa shape index (κ1) is 14.5. The molecule has 0 amide bonds. The van der Waals surface area contributed by atoms with Crippen LogP contribution in [0.4, 0.5) is 0 Å². The quantitative estimate of drug-likeness (QED) is 0.812. The van der Waals surface area contributed by atoms with E-state index < -0.39 is 21.5 Å². The summed E-state index contributed by atoms with van der Waals surface area (Å²) in [4.78, 5) is 11.2. The maximum absolute atomic E-state index is 12.2. The Morgan fingerprint density at radius 2 is 2.05 bits per heavy atom. The molecular weight excluding hydrogens is 284 g/mol. The van der Waals surface area contributed by atoms with E-state index in [9.17, 15) is 18.3 Å². The Kier molecular flexibility index (Phi) is 3.76. The van der Waals surface area contributed by atoms with Gasteiger partial charge in [-0.25, -0.2) is 8.42 Å². The van der Waals surface area contributed by atoms with Gasteiger partial charge >= 0.3 is 5.97 Å². The summed E-state index contributed by atoms with van der Waals surface area (Å²) in [6, 6.07) is 7.10. The van der Waals surface area contributed by atoms with Crippen molar-refractivity contribution >= 4 is 16.0 Å². The molecule has 1 aromatic rings. The highest BCUT2D eigenvalue weighted by molar-refractivity contribution is 7.89. The number of carboxylic acids is 1. The van der Waals surface area contributed by atoms with Gasteiger partial charge in [0, 0.05) is 13.0 Å². The fourth-order valence-corrected chi connectivity index (χ4v) is 3.26. The van der Waals surface area contributed by atoms with E-state index >= 15 is 0 Å². The molecule has 0 bridgehead atoms. The summed E-state index contributed by atoms with van der Waals surface area (Å²) in [5.74, 6) is -1.27. The van der Waals surface area contributed by atoms with Crippen molar-refractivity contribution in [3.8, 4) is 6.07 Å². The zero-order valence-corrected chi connectivity index (χ0v) is 11.2. The highest BCUT2D eigenvalue weighted by Crippen LogP contribution is 2.22. The predicted octanol–water partition coefficient (Wildman–Crippen LogP) is 0.0803. The lowest BCUT2D eigenvalue weighted by molar-refractivity contribution is -0.144. The van der Waals surface area contributed by atoms with Crippen LogP contribution in [0, 0.1) is 11.3 Å². The molecule has 2 rings (SSSR count). The molecule has 0 spiro atoms. The lowest BCUT2D eigenvalue weighted by Crippen LogP contribution is -2.54. The molecule has 20 heavy (non-hydrogen) atoms. The summed E-state index contributed by atoms with van der Waals surface area (Å²) in [5.41, 5.74) is -1.31. The van der Waals surface area contributed by atoms with E-state index in [1.807, 2.05) is 6.07 Å². The Balaban J connectivity index is 2.30. The van der Waals surface area contributed by atoms with E-state index in [1.165, 1.54) is 24.3 Å². The smallest absolute Gasteiger partial charge is 0.327 e. The van der Waals surface area contributed by atoms with Crippen LogP contribution in [0.1, 0.15) is 12.0 Å². The van der Waals surface area contributed by atoms with Crippen LogP contribution in [-0.2, 0) is 19.6 Å². The number of aliphatic carboxylic acids is 1. The number of benzene rings is 1. The Labute approximate surface area is 115 Å². The second-order valence-electron chi connectivity index (χ2n) is 4.43. The normalized spacial score (nSPS) is 22.4. The minimum atomic E-state index is -3.99. The number of nitrogens with zero attached hydrogens (tertiary/aromatic N) is 1. The Bertz CT molecular complexity index is 654. The highest BCUT2D eigenvalue weighted by Gasteiger charge is 2.46. The van der Waals surface area contributed by atoms with Crippen molar-refractivity contribution in [2.45, 2.75) is 16.9 Å². The fourth-order valence-electron chi connectivity index (χ4n) is 1.88. The molecule has 0 saturated carbocycles. The van der Waals surface area contributed by atoms with Gasteiger partial charge in [-0.05, 0) is 24.3 Å². The first-order chi connectivity index (χ1) is 9.39. The van der Waals surface area contributed by atoms with E-state index in [0.29, 0.717) is 5.56 Å². The topological polar surface area (TPSA) is 116 Å². The van der Waals surface area contributed by atoms with Gasteiger partial charge in [-0.1, -0.05) is 0 Å². The maximum atomic E-state index is 12.2. The number of nitriles is 1. The number of carboxylic acid groups (broad SMARTS) is 1. The summed E-state index contributed by atoms with van der Waals surface area (Å²) < 4.78 is 31.5. The van der Waals surface area contributed by atoms with Crippen LogP contribution >= 0.6 is 0 Å². The van der Waals surface area contributed by atoms with E-state index in [1.54, 1.807) is 0 Å². The van der Waals surface area contributed by atoms with Gasteiger partial charge in [0.1, 0.15) is 0 Å². The lowest BCUT2D eigenvalue weighted by atomic mass is 10.0. The van der Waals surface area contributed by atoms with E-state index in [4.69, 9.17) is 10.00 Å². The Morgan fingerprint density at radius 3 is 2.50 bits per heavy atom. The van der Waals surface area contributed by atoms with Crippen molar-refractivity contribution < 1.29 is 23.1 Å². The number of rotatable bonds is 4. The zero-order chi connectivity index (χ0) is 14.8. The zero-order valence-electron chi connectivity index (χ0n) is 10.4. The number of hydrogen-bond donors (Lipinski definition) is 2.